The maximum Gasteiger partial charge on any atom is 0.339 e. The molecule has 1 aliphatic rings. The van der Waals surface area contributed by atoms with Crippen molar-refractivity contribution in [3.05, 3.63) is 47.5 Å². The summed E-state index contributed by atoms with van der Waals surface area (Å²) in [5.41, 5.74) is 1.72. The minimum absolute atomic E-state index is 0.318. The molecule has 2 aromatic rings. The van der Waals surface area contributed by atoms with Crippen LogP contribution in [0.4, 0.5) is 5.69 Å². The average molecular weight is 357 g/mol. The largest absolute Gasteiger partial charge is 0.493 e. The molecule has 0 spiro atoms. The molecular weight excluding hydrogens is 338 g/mol. The van der Waals surface area contributed by atoms with E-state index in [0.29, 0.717) is 34.9 Å². The standard InChI is InChI=1S/C19H19NO6/c1-23-14-9-12(10-15(24-2)17(14)25-3)20-18(21)16-8-11-6-4-5-7-13(11)19(22)26-16/h4-7,9-10,16H,8H2,1-3H3,(H,20,21)/t16-/m1/s1. The number of ether oxygens (including phenoxy) is 4. The highest BCUT2D eigenvalue weighted by atomic mass is 16.6. The number of rotatable bonds is 5. The maximum atomic E-state index is 12.6. The first kappa shape index (κ1) is 17.6. The number of carbonyl (C=O) groups is 2. The number of cyclic esters (lactones) is 1. The summed E-state index contributed by atoms with van der Waals surface area (Å²) < 4.78 is 21.1. The van der Waals surface area contributed by atoms with Crippen LogP contribution in [0.15, 0.2) is 36.4 Å². The summed E-state index contributed by atoms with van der Waals surface area (Å²) in [6.07, 6.45) is -0.588. The van der Waals surface area contributed by atoms with Crippen LogP contribution >= 0.6 is 0 Å². The molecule has 0 unspecified atom stereocenters. The lowest BCUT2D eigenvalue weighted by Gasteiger charge is -2.24. The van der Waals surface area contributed by atoms with Crippen molar-refractivity contribution >= 4 is 17.6 Å². The predicted molar refractivity (Wildman–Crippen MR) is 94.1 cm³/mol. The number of hydrogen-bond donors (Lipinski definition) is 1. The third-order valence-corrected chi connectivity index (χ3v) is 4.12. The minimum atomic E-state index is -0.906. The first-order chi connectivity index (χ1) is 12.6. The van der Waals surface area contributed by atoms with Crippen LogP contribution in [0.3, 0.4) is 0 Å². The quantitative estimate of drug-likeness (QED) is 0.828. The molecule has 1 N–H and O–H groups in total. The van der Waals surface area contributed by atoms with Crippen LogP contribution in [-0.4, -0.2) is 39.3 Å². The van der Waals surface area contributed by atoms with E-state index in [9.17, 15) is 9.59 Å². The van der Waals surface area contributed by atoms with Crippen LogP contribution in [0.2, 0.25) is 0 Å². The van der Waals surface area contributed by atoms with Gasteiger partial charge in [0.2, 0.25) is 5.75 Å². The zero-order valence-electron chi connectivity index (χ0n) is 14.7. The zero-order valence-corrected chi connectivity index (χ0v) is 14.7. The van der Waals surface area contributed by atoms with Crippen molar-refractivity contribution in [3.8, 4) is 17.2 Å². The summed E-state index contributed by atoms with van der Waals surface area (Å²) in [5, 5.41) is 2.73. The smallest absolute Gasteiger partial charge is 0.339 e. The second kappa shape index (κ2) is 7.35. The summed E-state index contributed by atoms with van der Waals surface area (Å²) in [7, 11) is 4.48. The molecule has 0 aromatic heterocycles. The predicted octanol–water partition coefficient (Wildman–Crippen LogP) is 2.43. The second-order valence-electron chi connectivity index (χ2n) is 5.66. The van der Waals surface area contributed by atoms with Crippen LogP contribution in [0.1, 0.15) is 15.9 Å². The fourth-order valence-corrected chi connectivity index (χ4v) is 2.85. The number of benzene rings is 2. The molecule has 1 atom stereocenters. The molecule has 26 heavy (non-hydrogen) atoms. The van der Waals surface area contributed by atoms with Gasteiger partial charge < -0.3 is 24.3 Å². The Bertz CT molecular complexity index is 823. The van der Waals surface area contributed by atoms with Crippen LogP contribution in [0.25, 0.3) is 0 Å². The normalized spacial score (nSPS) is 15.5. The second-order valence-corrected chi connectivity index (χ2v) is 5.66. The molecule has 2 aromatic carbocycles. The van der Waals surface area contributed by atoms with Gasteiger partial charge in [0, 0.05) is 24.2 Å². The van der Waals surface area contributed by atoms with Gasteiger partial charge in [0.25, 0.3) is 5.91 Å². The third kappa shape index (κ3) is 3.28. The van der Waals surface area contributed by atoms with E-state index in [1.54, 1.807) is 24.3 Å². The molecule has 1 heterocycles. The van der Waals surface area contributed by atoms with Gasteiger partial charge in [0.1, 0.15) is 0 Å². The molecule has 1 aliphatic heterocycles. The van der Waals surface area contributed by atoms with Crippen molar-refractivity contribution in [2.24, 2.45) is 0 Å². The maximum absolute atomic E-state index is 12.6. The molecule has 0 radical (unpaired) electrons. The van der Waals surface area contributed by atoms with E-state index in [1.807, 2.05) is 12.1 Å². The van der Waals surface area contributed by atoms with Crippen molar-refractivity contribution in [2.45, 2.75) is 12.5 Å². The van der Waals surface area contributed by atoms with E-state index < -0.39 is 18.0 Å². The number of nitrogens with one attached hydrogen (secondary N) is 1. The number of carbonyl (C=O) groups excluding carboxylic acids is 2. The summed E-state index contributed by atoms with van der Waals surface area (Å²) in [6.45, 7) is 0. The molecular formula is C19H19NO6. The van der Waals surface area contributed by atoms with Crippen molar-refractivity contribution in [2.75, 3.05) is 26.6 Å². The molecule has 136 valence electrons. The third-order valence-electron chi connectivity index (χ3n) is 4.12. The van der Waals surface area contributed by atoms with E-state index in [4.69, 9.17) is 18.9 Å². The molecule has 0 saturated heterocycles. The molecule has 1 amide bonds. The Kier molecular flexibility index (Phi) is 4.97. The van der Waals surface area contributed by atoms with Gasteiger partial charge >= 0.3 is 5.97 Å². The Morgan fingerprint density at radius 2 is 1.73 bits per heavy atom. The topological polar surface area (TPSA) is 83.1 Å². The lowest BCUT2D eigenvalue weighted by Crippen LogP contribution is -2.37. The Hall–Kier alpha value is -3.22. The van der Waals surface area contributed by atoms with E-state index in [1.165, 1.54) is 21.3 Å². The lowest BCUT2D eigenvalue weighted by atomic mass is 9.98. The molecule has 0 bridgehead atoms. The molecule has 0 fully saturated rings. The summed E-state index contributed by atoms with van der Waals surface area (Å²) >= 11 is 0. The highest BCUT2D eigenvalue weighted by Gasteiger charge is 2.31. The summed E-state index contributed by atoms with van der Waals surface area (Å²) in [6, 6.07) is 10.3. The summed E-state index contributed by atoms with van der Waals surface area (Å²) in [5.74, 6) is 0.311. The van der Waals surface area contributed by atoms with Crippen LogP contribution in [0, 0.1) is 0 Å². The number of amides is 1. The first-order valence-electron chi connectivity index (χ1n) is 7.97. The lowest BCUT2D eigenvalue weighted by molar-refractivity contribution is -0.125. The number of fused-ring (bicyclic) bond motifs is 1. The minimum Gasteiger partial charge on any atom is -0.493 e. The molecule has 0 aliphatic carbocycles. The van der Waals surface area contributed by atoms with Gasteiger partial charge in [0.05, 0.1) is 26.9 Å². The van der Waals surface area contributed by atoms with Crippen LogP contribution < -0.4 is 19.5 Å². The van der Waals surface area contributed by atoms with Crippen LogP contribution in [-0.2, 0) is 16.0 Å². The van der Waals surface area contributed by atoms with E-state index >= 15 is 0 Å². The van der Waals surface area contributed by atoms with Crippen molar-refractivity contribution < 1.29 is 28.5 Å². The highest BCUT2D eigenvalue weighted by Crippen LogP contribution is 2.40. The van der Waals surface area contributed by atoms with E-state index in [-0.39, 0.29) is 0 Å². The van der Waals surface area contributed by atoms with Crippen molar-refractivity contribution in [3.63, 3.8) is 0 Å². The number of methoxy groups -OCH3 is 3. The fourth-order valence-electron chi connectivity index (χ4n) is 2.85. The highest BCUT2D eigenvalue weighted by molar-refractivity contribution is 6.00. The Morgan fingerprint density at radius 3 is 2.35 bits per heavy atom. The zero-order chi connectivity index (χ0) is 18.7. The monoisotopic (exact) mass is 357 g/mol. The molecule has 0 saturated carbocycles. The Balaban J connectivity index is 1.82. The van der Waals surface area contributed by atoms with E-state index in [0.717, 1.165) is 5.56 Å². The number of esters is 1. The van der Waals surface area contributed by atoms with Crippen molar-refractivity contribution in [1.82, 2.24) is 0 Å². The molecule has 7 heteroatoms. The van der Waals surface area contributed by atoms with Crippen molar-refractivity contribution in [1.29, 1.82) is 0 Å². The summed E-state index contributed by atoms with van der Waals surface area (Å²) in [4.78, 5) is 24.7. The Morgan fingerprint density at radius 1 is 1.08 bits per heavy atom. The van der Waals surface area contributed by atoms with Gasteiger partial charge in [-0.2, -0.15) is 0 Å². The van der Waals surface area contributed by atoms with Gasteiger partial charge in [-0.05, 0) is 11.6 Å². The fraction of sp³-hybridized carbons (Fsp3) is 0.263. The van der Waals surface area contributed by atoms with Crippen LogP contribution in [0.5, 0.6) is 17.2 Å². The van der Waals surface area contributed by atoms with Gasteiger partial charge in [-0.25, -0.2) is 4.79 Å². The number of anilines is 1. The molecule has 3 rings (SSSR count). The van der Waals surface area contributed by atoms with Gasteiger partial charge in [0.15, 0.2) is 17.6 Å². The average Bonchev–Trinajstić information content (AvgIpc) is 2.67. The van der Waals surface area contributed by atoms with Gasteiger partial charge in [-0.1, -0.05) is 18.2 Å². The van der Waals surface area contributed by atoms with Gasteiger partial charge in [-0.3, -0.25) is 4.79 Å². The van der Waals surface area contributed by atoms with Gasteiger partial charge in [-0.15, -0.1) is 0 Å². The Labute approximate surface area is 150 Å². The van der Waals surface area contributed by atoms with E-state index in [2.05, 4.69) is 5.32 Å². The first-order valence-corrected chi connectivity index (χ1v) is 7.97. The SMILES string of the molecule is COc1cc(NC(=O)[C@H]2Cc3ccccc3C(=O)O2)cc(OC)c1OC. The number of hydrogen-bond acceptors (Lipinski definition) is 6. The molecule has 7 nitrogen and oxygen atoms in total.